The largest absolute Gasteiger partial charge is 0.384 e. The second-order valence-corrected chi connectivity index (χ2v) is 4.58. The van der Waals surface area contributed by atoms with Crippen LogP contribution in [-0.2, 0) is 4.79 Å². The average Bonchev–Trinajstić information content (AvgIpc) is 2.26. The van der Waals surface area contributed by atoms with E-state index in [1.165, 1.54) is 11.3 Å². The Morgan fingerprint density at radius 1 is 1.47 bits per heavy atom. The molecule has 0 spiro atoms. The molecular weight excluding hydrogens is 214 g/mol. The molecule has 0 radical (unpaired) electrons. The summed E-state index contributed by atoms with van der Waals surface area (Å²) in [6.07, 6.45) is 0. The molecule has 0 aliphatic carbocycles. The SMILES string of the molecule is Cc1ccc(NCC(C)C(N)=O)cc1N(C)C. The van der Waals surface area contributed by atoms with E-state index in [1.807, 2.05) is 27.1 Å². The van der Waals surface area contributed by atoms with Crippen LogP contribution in [0.5, 0.6) is 0 Å². The quantitative estimate of drug-likeness (QED) is 0.815. The number of rotatable bonds is 5. The molecule has 0 saturated carbocycles. The van der Waals surface area contributed by atoms with Gasteiger partial charge in [-0.3, -0.25) is 4.79 Å². The van der Waals surface area contributed by atoms with Crippen LogP contribution in [0.4, 0.5) is 11.4 Å². The van der Waals surface area contributed by atoms with Gasteiger partial charge >= 0.3 is 0 Å². The number of carbonyl (C=O) groups excluding carboxylic acids is 1. The number of nitrogens with two attached hydrogens (primary N) is 1. The molecule has 0 fully saturated rings. The zero-order valence-corrected chi connectivity index (χ0v) is 10.9. The van der Waals surface area contributed by atoms with E-state index >= 15 is 0 Å². The Balaban J connectivity index is 2.73. The third-order valence-electron chi connectivity index (χ3n) is 2.79. The van der Waals surface area contributed by atoms with Crippen LogP contribution >= 0.6 is 0 Å². The van der Waals surface area contributed by atoms with Crippen molar-refractivity contribution in [2.45, 2.75) is 13.8 Å². The van der Waals surface area contributed by atoms with Gasteiger partial charge in [-0.15, -0.1) is 0 Å². The van der Waals surface area contributed by atoms with E-state index in [0.29, 0.717) is 6.54 Å². The molecule has 1 rings (SSSR count). The molecule has 1 aromatic carbocycles. The summed E-state index contributed by atoms with van der Waals surface area (Å²) in [4.78, 5) is 13.0. The van der Waals surface area contributed by atoms with E-state index in [1.54, 1.807) is 0 Å². The summed E-state index contributed by atoms with van der Waals surface area (Å²) in [7, 11) is 4.02. The second kappa shape index (κ2) is 5.57. The zero-order valence-electron chi connectivity index (χ0n) is 10.9. The van der Waals surface area contributed by atoms with E-state index in [-0.39, 0.29) is 11.8 Å². The molecule has 1 amide bonds. The summed E-state index contributed by atoms with van der Waals surface area (Å²) in [5, 5.41) is 3.22. The molecule has 0 bridgehead atoms. The van der Waals surface area contributed by atoms with Crippen molar-refractivity contribution >= 4 is 17.3 Å². The van der Waals surface area contributed by atoms with Crippen molar-refractivity contribution in [1.29, 1.82) is 0 Å². The highest BCUT2D eigenvalue weighted by Crippen LogP contribution is 2.22. The van der Waals surface area contributed by atoms with Crippen molar-refractivity contribution in [3.05, 3.63) is 23.8 Å². The summed E-state index contributed by atoms with van der Waals surface area (Å²) >= 11 is 0. The minimum absolute atomic E-state index is 0.167. The number of anilines is 2. The predicted octanol–water partition coefficient (Wildman–Crippen LogP) is 1.59. The van der Waals surface area contributed by atoms with Crippen LogP contribution in [0.3, 0.4) is 0 Å². The maximum atomic E-state index is 10.9. The van der Waals surface area contributed by atoms with Gasteiger partial charge in [-0.25, -0.2) is 0 Å². The Morgan fingerprint density at radius 2 is 2.12 bits per heavy atom. The Kier molecular flexibility index (Phi) is 4.37. The highest BCUT2D eigenvalue weighted by atomic mass is 16.1. The molecule has 1 aromatic rings. The van der Waals surface area contributed by atoms with Gasteiger partial charge in [0.2, 0.25) is 5.91 Å². The van der Waals surface area contributed by atoms with Crippen molar-refractivity contribution in [3.63, 3.8) is 0 Å². The van der Waals surface area contributed by atoms with Crippen LogP contribution in [0, 0.1) is 12.8 Å². The normalized spacial score (nSPS) is 12.0. The molecule has 17 heavy (non-hydrogen) atoms. The number of hydrogen-bond donors (Lipinski definition) is 2. The Labute approximate surface area is 103 Å². The Morgan fingerprint density at radius 3 is 2.65 bits per heavy atom. The zero-order chi connectivity index (χ0) is 13.0. The van der Waals surface area contributed by atoms with Gasteiger partial charge in [0.05, 0.1) is 5.92 Å². The van der Waals surface area contributed by atoms with Gasteiger partial charge in [0.25, 0.3) is 0 Å². The maximum Gasteiger partial charge on any atom is 0.222 e. The summed E-state index contributed by atoms with van der Waals surface area (Å²) in [5.74, 6) is -0.448. The predicted molar refractivity (Wildman–Crippen MR) is 72.4 cm³/mol. The molecule has 1 unspecified atom stereocenters. The number of aryl methyl sites for hydroxylation is 1. The molecule has 0 aromatic heterocycles. The first kappa shape index (κ1) is 13.4. The first-order valence-electron chi connectivity index (χ1n) is 5.73. The van der Waals surface area contributed by atoms with Gasteiger partial charge in [0.1, 0.15) is 0 Å². The van der Waals surface area contributed by atoms with Crippen molar-refractivity contribution in [3.8, 4) is 0 Å². The fraction of sp³-hybridized carbons (Fsp3) is 0.462. The molecular formula is C13H21N3O. The Bertz CT molecular complexity index is 402. The van der Waals surface area contributed by atoms with E-state index in [9.17, 15) is 4.79 Å². The maximum absolute atomic E-state index is 10.9. The highest BCUT2D eigenvalue weighted by Gasteiger charge is 2.08. The van der Waals surface area contributed by atoms with Gasteiger partial charge in [0, 0.05) is 32.0 Å². The van der Waals surface area contributed by atoms with Crippen molar-refractivity contribution in [1.82, 2.24) is 0 Å². The van der Waals surface area contributed by atoms with Gasteiger partial charge in [-0.05, 0) is 24.6 Å². The minimum atomic E-state index is -0.280. The number of nitrogens with one attached hydrogen (secondary N) is 1. The summed E-state index contributed by atoms with van der Waals surface area (Å²) in [5.41, 5.74) is 8.62. The van der Waals surface area contributed by atoms with Gasteiger partial charge < -0.3 is 16.0 Å². The lowest BCUT2D eigenvalue weighted by atomic mass is 10.1. The molecule has 0 aliphatic heterocycles. The van der Waals surface area contributed by atoms with Crippen LogP contribution in [-0.4, -0.2) is 26.5 Å². The first-order valence-corrected chi connectivity index (χ1v) is 5.73. The van der Waals surface area contributed by atoms with Crippen LogP contribution in [0.2, 0.25) is 0 Å². The molecule has 0 heterocycles. The van der Waals surface area contributed by atoms with Gasteiger partial charge in [-0.2, -0.15) is 0 Å². The lowest BCUT2D eigenvalue weighted by Gasteiger charge is -2.18. The van der Waals surface area contributed by atoms with Crippen molar-refractivity contribution in [2.24, 2.45) is 11.7 Å². The molecule has 4 nitrogen and oxygen atoms in total. The number of primary amides is 1. The fourth-order valence-electron chi connectivity index (χ4n) is 1.57. The van der Waals surface area contributed by atoms with Crippen LogP contribution in [0.15, 0.2) is 18.2 Å². The average molecular weight is 235 g/mol. The van der Waals surface area contributed by atoms with E-state index in [0.717, 1.165) is 5.69 Å². The van der Waals surface area contributed by atoms with Crippen molar-refractivity contribution < 1.29 is 4.79 Å². The number of carbonyl (C=O) groups is 1. The topological polar surface area (TPSA) is 58.4 Å². The monoisotopic (exact) mass is 235 g/mol. The number of amides is 1. The molecule has 0 aliphatic rings. The van der Waals surface area contributed by atoms with Gasteiger partial charge in [-0.1, -0.05) is 13.0 Å². The third-order valence-corrected chi connectivity index (χ3v) is 2.79. The van der Waals surface area contributed by atoms with Crippen LogP contribution < -0.4 is 16.0 Å². The molecule has 1 atom stereocenters. The third kappa shape index (κ3) is 3.66. The fourth-order valence-corrected chi connectivity index (χ4v) is 1.57. The lowest BCUT2D eigenvalue weighted by molar-refractivity contribution is -0.120. The Hall–Kier alpha value is -1.71. The summed E-state index contributed by atoms with van der Waals surface area (Å²) in [6.45, 7) is 4.45. The van der Waals surface area contributed by atoms with Crippen LogP contribution in [0.25, 0.3) is 0 Å². The standard InChI is InChI=1S/C13H21N3O/c1-9-5-6-11(7-12(9)16(3)4)15-8-10(2)13(14)17/h5-7,10,15H,8H2,1-4H3,(H2,14,17). The number of nitrogens with zero attached hydrogens (tertiary/aromatic N) is 1. The second-order valence-electron chi connectivity index (χ2n) is 4.58. The number of hydrogen-bond acceptors (Lipinski definition) is 3. The smallest absolute Gasteiger partial charge is 0.222 e. The molecule has 4 heteroatoms. The van der Waals surface area contributed by atoms with E-state index in [4.69, 9.17) is 5.73 Å². The first-order chi connectivity index (χ1) is 7.91. The molecule has 0 saturated heterocycles. The van der Waals surface area contributed by atoms with Gasteiger partial charge in [0.15, 0.2) is 0 Å². The number of benzene rings is 1. The molecule has 3 N–H and O–H groups in total. The van der Waals surface area contributed by atoms with Crippen molar-refractivity contribution in [2.75, 3.05) is 30.9 Å². The summed E-state index contributed by atoms with van der Waals surface area (Å²) in [6, 6.07) is 6.14. The minimum Gasteiger partial charge on any atom is -0.384 e. The summed E-state index contributed by atoms with van der Waals surface area (Å²) < 4.78 is 0. The van der Waals surface area contributed by atoms with Crippen LogP contribution in [0.1, 0.15) is 12.5 Å². The highest BCUT2D eigenvalue weighted by molar-refractivity contribution is 5.77. The van der Waals surface area contributed by atoms with E-state index in [2.05, 4.69) is 29.3 Å². The van der Waals surface area contributed by atoms with E-state index < -0.39 is 0 Å². The lowest BCUT2D eigenvalue weighted by Crippen LogP contribution is -2.26. The molecule has 94 valence electrons.